The minimum absolute atomic E-state index is 0.0405. The lowest BCUT2D eigenvalue weighted by atomic mass is 10.1. The van der Waals surface area contributed by atoms with Crippen molar-refractivity contribution in [3.63, 3.8) is 0 Å². The third-order valence-corrected chi connectivity index (χ3v) is 4.27. The van der Waals surface area contributed by atoms with E-state index < -0.39 is 0 Å². The van der Waals surface area contributed by atoms with Gasteiger partial charge in [-0.05, 0) is 26.0 Å². The van der Waals surface area contributed by atoms with Crippen molar-refractivity contribution in [3.05, 3.63) is 18.0 Å². The van der Waals surface area contributed by atoms with Gasteiger partial charge < -0.3 is 11.1 Å². The minimum atomic E-state index is -0.165. The van der Waals surface area contributed by atoms with Crippen LogP contribution >= 0.6 is 11.8 Å². The minimum Gasteiger partial charge on any atom is -0.353 e. The smallest absolute Gasteiger partial charge is 0.237 e. The molecule has 1 fully saturated rings. The number of nitrogens with zero attached hydrogens (tertiary/aromatic N) is 3. The van der Waals surface area contributed by atoms with Crippen LogP contribution in [-0.2, 0) is 11.3 Å². The molecule has 0 radical (unpaired) electrons. The second-order valence-corrected chi connectivity index (χ2v) is 7.14. The highest BCUT2D eigenvalue weighted by Crippen LogP contribution is 2.20. The fraction of sp³-hybridized carbons (Fsp3) is 0.667. The van der Waals surface area contributed by atoms with E-state index in [2.05, 4.69) is 27.1 Å². The summed E-state index contributed by atoms with van der Waals surface area (Å²) in [6, 6.07) is 0.0145. The van der Waals surface area contributed by atoms with Crippen molar-refractivity contribution in [2.75, 3.05) is 12.3 Å². The number of thioether (sulfide) groups is 1. The van der Waals surface area contributed by atoms with Gasteiger partial charge in [0.25, 0.3) is 0 Å². The highest BCUT2D eigenvalue weighted by atomic mass is 32.2. The standard InChI is InChI=1S/C15H25N5OS/c1-4-22-15-17-6-11(7-18-15)8-20-9-12(16)5-13(20)14(21)19-10(2)3/h6-7,10,12-13H,4-5,8-9,16H2,1-3H3,(H,19,21)/t12-,13-/m0/s1. The van der Waals surface area contributed by atoms with Crippen LogP contribution in [0.3, 0.4) is 0 Å². The van der Waals surface area contributed by atoms with Crippen LogP contribution in [-0.4, -0.2) is 51.2 Å². The van der Waals surface area contributed by atoms with E-state index in [0.717, 1.165) is 23.0 Å². The van der Waals surface area contributed by atoms with Crippen LogP contribution in [0.1, 0.15) is 32.8 Å². The molecule has 0 aromatic carbocycles. The van der Waals surface area contributed by atoms with Crippen molar-refractivity contribution in [3.8, 4) is 0 Å². The first-order valence-electron chi connectivity index (χ1n) is 7.73. The second kappa shape index (κ2) is 7.89. The number of hydrogen-bond donors (Lipinski definition) is 2. The monoisotopic (exact) mass is 323 g/mol. The second-order valence-electron chi connectivity index (χ2n) is 5.91. The molecule has 1 aliphatic heterocycles. The average Bonchev–Trinajstić information content (AvgIpc) is 2.81. The van der Waals surface area contributed by atoms with Gasteiger partial charge in [0.05, 0.1) is 6.04 Å². The number of carbonyl (C=O) groups is 1. The zero-order valence-electron chi connectivity index (χ0n) is 13.5. The fourth-order valence-corrected chi connectivity index (χ4v) is 3.14. The average molecular weight is 323 g/mol. The summed E-state index contributed by atoms with van der Waals surface area (Å²) in [6.07, 6.45) is 4.38. The number of nitrogens with one attached hydrogen (secondary N) is 1. The molecule has 0 aliphatic carbocycles. The summed E-state index contributed by atoms with van der Waals surface area (Å²) in [5, 5.41) is 3.77. The van der Waals surface area contributed by atoms with Gasteiger partial charge in [0, 0.05) is 43.1 Å². The number of hydrogen-bond acceptors (Lipinski definition) is 6. The van der Waals surface area contributed by atoms with E-state index in [9.17, 15) is 4.79 Å². The van der Waals surface area contributed by atoms with Crippen LogP contribution in [0.15, 0.2) is 17.6 Å². The quantitative estimate of drug-likeness (QED) is 0.600. The summed E-state index contributed by atoms with van der Waals surface area (Å²) in [6.45, 7) is 7.39. The van der Waals surface area contributed by atoms with Crippen molar-refractivity contribution in [1.29, 1.82) is 0 Å². The molecule has 122 valence electrons. The molecule has 2 atom stereocenters. The van der Waals surface area contributed by atoms with Gasteiger partial charge in [-0.1, -0.05) is 18.7 Å². The third-order valence-electron chi connectivity index (χ3n) is 3.51. The van der Waals surface area contributed by atoms with Gasteiger partial charge in [0.2, 0.25) is 5.91 Å². The van der Waals surface area contributed by atoms with Crippen LogP contribution in [0, 0.1) is 0 Å². The molecule has 7 heteroatoms. The molecule has 1 aliphatic rings. The largest absolute Gasteiger partial charge is 0.353 e. The number of aromatic nitrogens is 2. The molecule has 2 heterocycles. The maximum atomic E-state index is 12.3. The number of carbonyl (C=O) groups excluding carboxylic acids is 1. The first-order valence-corrected chi connectivity index (χ1v) is 8.71. The van der Waals surface area contributed by atoms with Crippen LogP contribution in [0.4, 0.5) is 0 Å². The Labute approximate surface area is 136 Å². The number of rotatable bonds is 6. The van der Waals surface area contributed by atoms with Crippen LogP contribution in [0.2, 0.25) is 0 Å². The van der Waals surface area contributed by atoms with Crippen molar-refractivity contribution in [2.24, 2.45) is 5.73 Å². The highest BCUT2D eigenvalue weighted by Gasteiger charge is 2.35. The summed E-state index contributed by atoms with van der Waals surface area (Å²) in [5.41, 5.74) is 7.06. The molecule has 6 nitrogen and oxygen atoms in total. The number of likely N-dealkylation sites (tertiary alicyclic amines) is 1. The van der Waals surface area contributed by atoms with Crippen molar-refractivity contribution in [2.45, 2.75) is 57.0 Å². The Morgan fingerprint density at radius 1 is 1.50 bits per heavy atom. The molecule has 0 unspecified atom stereocenters. The molecule has 1 amide bonds. The predicted molar refractivity (Wildman–Crippen MR) is 88.5 cm³/mol. The van der Waals surface area contributed by atoms with Crippen LogP contribution < -0.4 is 11.1 Å². The van der Waals surface area contributed by atoms with Gasteiger partial charge in [0.1, 0.15) is 0 Å². The number of amides is 1. The summed E-state index contributed by atoms with van der Waals surface area (Å²) >= 11 is 1.62. The van der Waals surface area contributed by atoms with Gasteiger partial charge in [-0.2, -0.15) is 0 Å². The van der Waals surface area contributed by atoms with Gasteiger partial charge in [0.15, 0.2) is 5.16 Å². The lowest BCUT2D eigenvalue weighted by molar-refractivity contribution is -0.126. The van der Waals surface area contributed by atoms with Crippen LogP contribution in [0.25, 0.3) is 0 Å². The Balaban J connectivity index is 2.01. The topological polar surface area (TPSA) is 84.1 Å². The maximum Gasteiger partial charge on any atom is 0.237 e. The number of nitrogens with two attached hydrogens (primary N) is 1. The van der Waals surface area contributed by atoms with Gasteiger partial charge in [-0.25, -0.2) is 9.97 Å². The van der Waals surface area contributed by atoms with Gasteiger partial charge in [-0.3, -0.25) is 9.69 Å². The lowest BCUT2D eigenvalue weighted by Crippen LogP contribution is -2.45. The molecule has 3 N–H and O–H groups in total. The SMILES string of the molecule is CCSc1ncc(CN2C[C@@H](N)C[C@H]2C(=O)NC(C)C)cn1. The Kier molecular flexibility index (Phi) is 6.16. The van der Waals surface area contributed by atoms with Crippen molar-refractivity contribution >= 4 is 17.7 Å². The third kappa shape index (κ3) is 4.66. The Morgan fingerprint density at radius 3 is 2.77 bits per heavy atom. The zero-order valence-corrected chi connectivity index (χ0v) is 14.3. The summed E-state index contributed by atoms with van der Waals surface area (Å²) in [5.74, 6) is 1.01. The van der Waals surface area contributed by atoms with Crippen molar-refractivity contribution < 1.29 is 4.79 Å². The van der Waals surface area contributed by atoms with Crippen molar-refractivity contribution in [1.82, 2.24) is 20.2 Å². The molecule has 2 rings (SSSR count). The van der Waals surface area contributed by atoms with E-state index >= 15 is 0 Å². The van der Waals surface area contributed by atoms with E-state index in [4.69, 9.17) is 5.73 Å². The molecule has 1 saturated heterocycles. The van der Waals surface area contributed by atoms with E-state index in [1.807, 2.05) is 26.2 Å². The van der Waals surface area contributed by atoms with E-state index in [-0.39, 0.29) is 24.0 Å². The molecule has 0 bridgehead atoms. The fourth-order valence-electron chi connectivity index (χ4n) is 2.63. The molecule has 22 heavy (non-hydrogen) atoms. The Hall–Kier alpha value is -1.18. The molecule has 1 aromatic rings. The molecule has 0 saturated carbocycles. The lowest BCUT2D eigenvalue weighted by Gasteiger charge is -2.24. The Bertz CT molecular complexity index is 493. The van der Waals surface area contributed by atoms with E-state index in [1.54, 1.807) is 11.8 Å². The summed E-state index contributed by atoms with van der Waals surface area (Å²) in [4.78, 5) is 23.1. The highest BCUT2D eigenvalue weighted by molar-refractivity contribution is 7.99. The summed E-state index contributed by atoms with van der Waals surface area (Å²) < 4.78 is 0. The molecule has 0 spiro atoms. The molecule has 1 aromatic heterocycles. The predicted octanol–water partition coefficient (Wildman–Crippen LogP) is 1.01. The first kappa shape index (κ1) is 17.2. The van der Waals surface area contributed by atoms with E-state index in [1.165, 1.54) is 0 Å². The summed E-state index contributed by atoms with van der Waals surface area (Å²) in [7, 11) is 0. The normalized spacial score (nSPS) is 22.2. The maximum absolute atomic E-state index is 12.3. The van der Waals surface area contributed by atoms with Gasteiger partial charge in [-0.15, -0.1) is 0 Å². The molecular formula is C15H25N5OS. The Morgan fingerprint density at radius 2 is 2.18 bits per heavy atom. The molecular weight excluding hydrogens is 298 g/mol. The van der Waals surface area contributed by atoms with Gasteiger partial charge >= 0.3 is 0 Å². The zero-order chi connectivity index (χ0) is 16.1. The first-order chi connectivity index (χ1) is 10.5. The van der Waals surface area contributed by atoms with E-state index in [0.29, 0.717) is 13.0 Å². The van der Waals surface area contributed by atoms with Crippen LogP contribution in [0.5, 0.6) is 0 Å².